The minimum atomic E-state index is -1.21. The fourth-order valence-corrected chi connectivity index (χ4v) is 1.58. The highest BCUT2D eigenvalue weighted by Gasteiger charge is 2.38. The van der Waals surface area contributed by atoms with Crippen molar-refractivity contribution in [2.75, 3.05) is 5.32 Å². The minimum absolute atomic E-state index is 0.153. The summed E-state index contributed by atoms with van der Waals surface area (Å²) in [5, 5.41) is 2.87. The van der Waals surface area contributed by atoms with Crippen LogP contribution in [0.4, 0.5) is 5.69 Å². The van der Waals surface area contributed by atoms with Crippen molar-refractivity contribution in [1.29, 1.82) is 0 Å². The zero-order valence-corrected chi connectivity index (χ0v) is 13.0. The Morgan fingerprint density at radius 1 is 1.00 bits per heavy atom. The van der Waals surface area contributed by atoms with Crippen molar-refractivity contribution in [3.8, 4) is 0 Å². The molecule has 0 amide bonds. The average molecular weight is 291 g/mol. The second-order valence-corrected chi connectivity index (χ2v) is 4.75. The van der Waals surface area contributed by atoms with E-state index in [0.717, 1.165) is 11.3 Å². The lowest BCUT2D eigenvalue weighted by atomic mass is 10.2. The van der Waals surface area contributed by atoms with Crippen LogP contribution in [0, 0.1) is 6.92 Å². The van der Waals surface area contributed by atoms with Crippen molar-refractivity contribution in [2.24, 2.45) is 0 Å². The van der Waals surface area contributed by atoms with Crippen LogP contribution >= 0.6 is 0 Å². The number of esters is 2. The van der Waals surface area contributed by atoms with Gasteiger partial charge in [0.05, 0.1) is 0 Å². The van der Waals surface area contributed by atoms with E-state index in [2.05, 4.69) is 5.32 Å². The molecule has 1 N–H and O–H groups in total. The SMILES string of the molecule is CC.Cc1ccc(NC=C2C(=O)OC(C)(C)OC2=O)cc1. The van der Waals surface area contributed by atoms with Crippen molar-refractivity contribution < 1.29 is 19.1 Å². The smallest absolute Gasteiger partial charge is 0.350 e. The molecule has 0 aromatic heterocycles. The Kier molecular flexibility index (Phi) is 5.52. The van der Waals surface area contributed by atoms with E-state index in [9.17, 15) is 9.59 Å². The highest BCUT2D eigenvalue weighted by molar-refractivity contribution is 6.15. The molecule has 2 rings (SSSR count). The van der Waals surface area contributed by atoms with E-state index in [4.69, 9.17) is 9.47 Å². The van der Waals surface area contributed by atoms with Crippen LogP contribution in [0.15, 0.2) is 36.0 Å². The van der Waals surface area contributed by atoms with Gasteiger partial charge in [0.2, 0.25) is 0 Å². The first-order valence-corrected chi connectivity index (χ1v) is 6.87. The quantitative estimate of drug-likeness (QED) is 0.515. The van der Waals surface area contributed by atoms with Crippen LogP contribution in [-0.2, 0) is 19.1 Å². The van der Waals surface area contributed by atoms with E-state index < -0.39 is 17.7 Å². The second kappa shape index (κ2) is 6.92. The third-order valence-corrected chi connectivity index (χ3v) is 2.55. The number of rotatable bonds is 2. The summed E-state index contributed by atoms with van der Waals surface area (Å²) in [4.78, 5) is 23.3. The van der Waals surface area contributed by atoms with Crippen LogP contribution in [0.2, 0.25) is 0 Å². The van der Waals surface area contributed by atoms with Crippen LogP contribution in [0.3, 0.4) is 0 Å². The predicted molar refractivity (Wildman–Crippen MR) is 80.5 cm³/mol. The predicted octanol–water partition coefficient (Wildman–Crippen LogP) is 3.15. The van der Waals surface area contributed by atoms with Gasteiger partial charge in [-0.15, -0.1) is 0 Å². The lowest BCUT2D eigenvalue weighted by Crippen LogP contribution is -2.42. The summed E-state index contributed by atoms with van der Waals surface area (Å²) in [6.07, 6.45) is 1.30. The molecule has 1 aromatic rings. The van der Waals surface area contributed by atoms with Gasteiger partial charge < -0.3 is 14.8 Å². The third-order valence-electron chi connectivity index (χ3n) is 2.55. The zero-order valence-electron chi connectivity index (χ0n) is 13.0. The molecule has 0 bridgehead atoms. The summed E-state index contributed by atoms with van der Waals surface area (Å²) in [7, 11) is 0. The Labute approximate surface area is 124 Å². The van der Waals surface area contributed by atoms with E-state index in [-0.39, 0.29) is 5.57 Å². The number of ether oxygens (including phenoxy) is 2. The molecule has 1 saturated heterocycles. The number of nitrogens with one attached hydrogen (secondary N) is 1. The molecule has 1 fully saturated rings. The van der Waals surface area contributed by atoms with Gasteiger partial charge in [-0.05, 0) is 19.1 Å². The first-order valence-electron chi connectivity index (χ1n) is 6.87. The summed E-state index contributed by atoms with van der Waals surface area (Å²) in [6, 6.07) is 7.52. The Morgan fingerprint density at radius 2 is 1.48 bits per heavy atom. The summed E-state index contributed by atoms with van der Waals surface area (Å²) in [5.41, 5.74) is 1.74. The summed E-state index contributed by atoms with van der Waals surface area (Å²) < 4.78 is 9.95. The molecular formula is C16H21NO4. The Hall–Kier alpha value is -2.30. The largest absolute Gasteiger partial charge is 0.419 e. The van der Waals surface area contributed by atoms with Gasteiger partial charge >= 0.3 is 11.9 Å². The fraction of sp³-hybridized carbons (Fsp3) is 0.375. The number of aryl methyl sites for hydroxylation is 1. The topological polar surface area (TPSA) is 64.6 Å². The first kappa shape index (κ1) is 16.8. The Balaban J connectivity index is 0.00000106. The van der Waals surface area contributed by atoms with E-state index in [0.29, 0.717) is 0 Å². The molecule has 114 valence electrons. The molecule has 0 atom stereocenters. The maximum atomic E-state index is 11.7. The molecule has 1 heterocycles. The van der Waals surface area contributed by atoms with Crippen LogP contribution in [-0.4, -0.2) is 17.7 Å². The summed E-state index contributed by atoms with van der Waals surface area (Å²) in [5.74, 6) is -2.60. The van der Waals surface area contributed by atoms with Gasteiger partial charge in [0, 0.05) is 25.7 Å². The van der Waals surface area contributed by atoms with Gasteiger partial charge in [0.25, 0.3) is 5.79 Å². The Bertz CT molecular complexity index is 522. The van der Waals surface area contributed by atoms with Gasteiger partial charge in [-0.25, -0.2) is 9.59 Å². The zero-order chi connectivity index (χ0) is 16.0. The molecule has 0 unspecified atom stereocenters. The van der Waals surface area contributed by atoms with Crippen molar-refractivity contribution in [1.82, 2.24) is 0 Å². The van der Waals surface area contributed by atoms with Crippen LogP contribution in [0.5, 0.6) is 0 Å². The number of anilines is 1. The summed E-state index contributed by atoms with van der Waals surface area (Å²) in [6.45, 7) is 8.99. The van der Waals surface area contributed by atoms with Crippen molar-refractivity contribution in [3.63, 3.8) is 0 Å². The molecule has 0 saturated carbocycles. The van der Waals surface area contributed by atoms with Crippen LogP contribution in [0.25, 0.3) is 0 Å². The minimum Gasteiger partial charge on any atom is -0.419 e. The summed E-state index contributed by atoms with van der Waals surface area (Å²) >= 11 is 0. The van der Waals surface area contributed by atoms with Gasteiger partial charge in [0.15, 0.2) is 5.57 Å². The molecule has 5 nitrogen and oxygen atoms in total. The molecule has 0 aliphatic carbocycles. The normalized spacial score (nSPS) is 16.1. The monoisotopic (exact) mass is 291 g/mol. The maximum absolute atomic E-state index is 11.7. The van der Waals surface area contributed by atoms with Crippen molar-refractivity contribution in [2.45, 2.75) is 40.4 Å². The van der Waals surface area contributed by atoms with Crippen molar-refractivity contribution >= 4 is 17.6 Å². The van der Waals surface area contributed by atoms with Gasteiger partial charge in [-0.2, -0.15) is 0 Å². The van der Waals surface area contributed by atoms with E-state index >= 15 is 0 Å². The number of carbonyl (C=O) groups excluding carboxylic acids is 2. The van der Waals surface area contributed by atoms with E-state index in [1.807, 2.05) is 45.0 Å². The van der Waals surface area contributed by atoms with Crippen LogP contribution < -0.4 is 5.32 Å². The van der Waals surface area contributed by atoms with E-state index in [1.165, 1.54) is 20.0 Å². The second-order valence-electron chi connectivity index (χ2n) is 4.75. The molecule has 1 aliphatic heterocycles. The fourth-order valence-electron chi connectivity index (χ4n) is 1.58. The van der Waals surface area contributed by atoms with Gasteiger partial charge in [-0.1, -0.05) is 31.5 Å². The first-order chi connectivity index (χ1) is 9.87. The molecule has 1 aliphatic rings. The lowest BCUT2D eigenvalue weighted by Gasteiger charge is -2.29. The molecular weight excluding hydrogens is 270 g/mol. The highest BCUT2D eigenvalue weighted by atomic mass is 16.7. The number of benzene rings is 1. The number of hydrogen-bond acceptors (Lipinski definition) is 5. The van der Waals surface area contributed by atoms with Crippen molar-refractivity contribution in [3.05, 3.63) is 41.6 Å². The van der Waals surface area contributed by atoms with Gasteiger partial charge in [-0.3, -0.25) is 0 Å². The molecule has 0 radical (unpaired) electrons. The third kappa shape index (κ3) is 4.63. The molecule has 1 aromatic carbocycles. The van der Waals surface area contributed by atoms with Crippen LogP contribution in [0.1, 0.15) is 33.3 Å². The number of carbonyl (C=O) groups is 2. The highest BCUT2D eigenvalue weighted by Crippen LogP contribution is 2.22. The number of hydrogen-bond donors (Lipinski definition) is 1. The van der Waals surface area contributed by atoms with E-state index in [1.54, 1.807) is 0 Å². The van der Waals surface area contributed by atoms with Gasteiger partial charge in [0.1, 0.15) is 0 Å². The molecule has 0 spiro atoms. The lowest BCUT2D eigenvalue weighted by molar-refractivity contribution is -0.222. The maximum Gasteiger partial charge on any atom is 0.350 e. The number of cyclic esters (lactones) is 2. The Morgan fingerprint density at radius 3 is 1.95 bits per heavy atom. The average Bonchev–Trinajstić information content (AvgIpc) is 2.41. The molecule has 5 heteroatoms. The standard InChI is InChI=1S/C14H15NO4.C2H6/c1-9-4-6-10(7-5-9)15-8-11-12(16)18-14(2,3)19-13(11)17;1-2/h4-8,15H,1-3H3;1-2H3. The molecule has 21 heavy (non-hydrogen) atoms.